The third-order valence-corrected chi connectivity index (χ3v) is 4.46. The maximum Gasteiger partial charge on any atom is 0.0594 e. The van der Waals surface area contributed by atoms with Crippen LogP contribution >= 0.6 is 0 Å². The van der Waals surface area contributed by atoms with Crippen molar-refractivity contribution >= 4 is 0 Å². The van der Waals surface area contributed by atoms with Gasteiger partial charge in [0.15, 0.2) is 0 Å². The summed E-state index contributed by atoms with van der Waals surface area (Å²) in [5, 5.41) is 3.59. The Kier molecular flexibility index (Phi) is 5.67. The number of rotatable bonds is 5. The third kappa shape index (κ3) is 5.41. The predicted octanol–water partition coefficient (Wildman–Crippen LogP) is 2.99. The molecule has 2 fully saturated rings. The summed E-state index contributed by atoms with van der Waals surface area (Å²) in [5.41, 5.74) is 0.455. The molecule has 1 saturated carbocycles. The van der Waals surface area contributed by atoms with Crippen molar-refractivity contribution in [2.45, 2.75) is 65.0 Å². The van der Waals surface area contributed by atoms with Crippen LogP contribution in [0.15, 0.2) is 0 Å². The molecule has 2 unspecified atom stereocenters. The molecule has 19 heavy (non-hydrogen) atoms. The van der Waals surface area contributed by atoms with Gasteiger partial charge in [-0.25, -0.2) is 0 Å². The van der Waals surface area contributed by atoms with Gasteiger partial charge < -0.3 is 14.8 Å². The summed E-state index contributed by atoms with van der Waals surface area (Å²) in [5.74, 6) is 0.803. The van der Waals surface area contributed by atoms with E-state index in [1.54, 1.807) is 0 Å². The van der Waals surface area contributed by atoms with Crippen LogP contribution in [0.2, 0.25) is 0 Å². The van der Waals surface area contributed by atoms with Gasteiger partial charge in [0, 0.05) is 25.8 Å². The predicted molar refractivity (Wildman–Crippen MR) is 78.4 cm³/mol. The van der Waals surface area contributed by atoms with Crippen molar-refractivity contribution < 1.29 is 9.47 Å². The summed E-state index contributed by atoms with van der Waals surface area (Å²) in [7, 11) is 0. The van der Waals surface area contributed by atoms with Crippen LogP contribution < -0.4 is 5.32 Å². The summed E-state index contributed by atoms with van der Waals surface area (Å²) in [6, 6.07) is 0.638. The normalized spacial score (nSPS) is 32.4. The summed E-state index contributed by atoms with van der Waals surface area (Å²) >= 11 is 0. The van der Waals surface area contributed by atoms with Gasteiger partial charge in [0.1, 0.15) is 0 Å². The van der Waals surface area contributed by atoms with Crippen LogP contribution in [-0.2, 0) is 9.47 Å². The topological polar surface area (TPSA) is 30.5 Å². The zero-order chi connectivity index (χ0) is 13.7. The minimum atomic E-state index is 0.455. The van der Waals surface area contributed by atoms with Crippen molar-refractivity contribution in [2.24, 2.45) is 11.3 Å². The van der Waals surface area contributed by atoms with E-state index in [0.717, 1.165) is 45.1 Å². The molecule has 0 aromatic heterocycles. The van der Waals surface area contributed by atoms with Crippen LogP contribution in [0.5, 0.6) is 0 Å². The number of hydrogen-bond acceptors (Lipinski definition) is 3. The van der Waals surface area contributed by atoms with Gasteiger partial charge in [0.25, 0.3) is 0 Å². The van der Waals surface area contributed by atoms with Crippen molar-refractivity contribution in [3.63, 3.8) is 0 Å². The van der Waals surface area contributed by atoms with Gasteiger partial charge in [-0.05, 0) is 43.4 Å². The molecule has 1 N–H and O–H groups in total. The molecule has 2 atom stereocenters. The standard InChI is InChI=1S/C16H31NO2/c1-13-10-15(12-16(2,3)11-13)19-9-6-17-14-4-7-18-8-5-14/h13-15,17H,4-12H2,1-3H3. The molecular formula is C16H31NO2. The fourth-order valence-corrected chi connectivity index (χ4v) is 3.78. The molecule has 1 heterocycles. The Labute approximate surface area is 118 Å². The summed E-state index contributed by atoms with van der Waals surface area (Å²) < 4.78 is 11.5. The minimum absolute atomic E-state index is 0.455. The monoisotopic (exact) mass is 269 g/mol. The van der Waals surface area contributed by atoms with Crippen molar-refractivity contribution in [1.82, 2.24) is 5.32 Å². The van der Waals surface area contributed by atoms with Gasteiger partial charge >= 0.3 is 0 Å². The van der Waals surface area contributed by atoms with E-state index in [9.17, 15) is 0 Å². The Hall–Kier alpha value is -0.120. The lowest BCUT2D eigenvalue weighted by atomic mass is 9.71. The second-order valence-corrected chi connectivity index (χ2v) is 7.25. The number of ether oxygens (including phenoxy) is 2. The molecule has 0 spiro atoms. The molecule has 0 amide bonds. The van der Waals surface area contributed by atoms with E-state index in [-0.39, 0.29) is 0 Å². The fraction of sp³-hybridized carbons (Fsp3) is 1.00. The highest BCUT2D eigenvalue weighted by atomic mass is 16.5. The lowest BCUT2D eigenvalue weighted by Gasteiger charge is -2.38. The molecular weight excluding hydrogens is 238 g/mol. The van der Waals surface area contributed by atoms with Crippen LogP contribution in [0.3, 0.4) is 0 Å². The third-order valence-electron chi connectivity index (χ3n) is 4.46. The van der Waals surface area contributed by atoms with E-state index < -0.39 is 0 Å². The van der Waals surface area contributed by atoms with Crippen LogP contribution in [0.4, 0.5) is 0 Å². The van der Waals surface area contributed by atoms with Crippen LogP contribution in [-0.4, -0.2) is 38.5 Å². The van der Waals surface area contributed by atoms with Crippen molar-refractivity contribution in [3.8, 4) is 0 Å². The smallest absolute Gasteiger partial charge is 0.0594 e. The summed E-state index contributed by atoms with van der Waals surface area (Å²) in [4.78, 5) is 0. The molecule has 2 aliphatic rings. The average molecular weight is 269 g/mol. The molecule has 0 radical (unpaired) electrons. The summed E-state index contributed by atoms with van der Waals surface area (Å²) in [6.07, 6.45) is 6.55. The molecule has 0 bridgehead atoms. The maximum atomic E-state index is 6.09. The highest BCUT2D eigenvalue weighted by Crippen LogP contribution is 2.39. The van der Waals surface area contributed by atoms with E-state index in [2.05, 4.69) is 26.1 Å². The van der Waals surface area contributed by atoms with Gasteiger partial charge in [-0.3, -0.25) is 0 Å². The summed E-state index contributed by atoms with van der Waals surface area (Å²) in [6.45, 7) is 10.8. The second kappa shape index (κ2) is 7.05. The molecule has 1 aliphatic carbocycles. The van der Waals surface area contributed by atoms with E-state index in [1.807, 2.05) is 0 Å². The zero-order valence-electron chi connectivity index (χ0n) is 12.9. The molecule has 0 aromatic carbocycles. The van der Waals surface area contributed by atoms with Gasteiger partial charge in [-0.1, -0.05) is 20.8 Å². The first-order valence-corrected chi connectivity index (χ1v) is 7.98. The Balaban J connectivity index is 1.59. The minimum Gasteiger partial charge on any atom is -0.381 e. The first-order chi connectivity index (χ1) is 9.05. The van der Waals surface area contributed by atoms with Crippen molar-refractivity contribution in [2.75, 3.05) is 26.4 Å². The molecule has 112 valence electrons. The molecule has 0 aromatic rings. The first kappa shape index (κ1) is 15.3. The number of hydrogen-bond donors (Lipinski definition) is 1. The van der Waals surface area contributed by atoms with Crippen molar-refractivity contribution in [3.05, 3.63) is 0 Å². The zero-order valence-corrected chi connectivity index (χ0v) is 12.9. The van der Waals surface area contributed by atoms with E-state index in [4.69, 9.17) is 9.47 Å². The van der Waals surface area contributed by atoms with Crippen LogP contribution in [0.25, 0.3) is 0 Å². The SMILES string of the molecule is CC1CC(OCCNC2CCOCC2)CC(C)(C)C1. The quantitative estimate of drug-likeness (QED) is 0.778. The van der Waals surface area contributed by atoms with Gasteiger partial charge in [-0.15, -0.1) is 0 Å². The number of nitrogens with one attached hydrogen (secondary N) is 1. The average Bonchev–Trinajstić information content (AvgIpc) is 2.33. The lowest BCUT2D eigenvalue weighted by molar-refractivity contribution is -0.0229. The molecule has 3 heteroatoms. The molecule has 3 nitrogen and oxygen atoms in total. The Bertz CT molecular complexity index is 261. The molecule has 1 saturated heterocycles. The first-order valence-electron chi connectivity index (χ1n) is 7.98. The van der Waals surface area contributed by atoms with Gasteiger partial charge in [-0.2, -0.15) is 0 Å². The van der Waals surface area contributed by atoms with Crippen LogP contribution in [0, 0.1) is 11.3 Å². The molecule has 1 aliphatic heterocycles. The Morgan fingerprint density at radius 2 is 1.95 bits per heavy atom. The fourth-order valence-electron chi connectivity index (χ4n) is 3.78. The van der Waals surface area contributed by atoms with Crippen LogP contribution in [0.1, 0.15) is 52.9 Å². The second-order valence-electron chi connectivity index (χ2n) is 7.25. The molecule has 2 rings (SSSR count). The van der Waals surface area contributed by atoms with E-state index in [1.165, 1.54) is 19.3 Å². The van der Waals surface area contributed by atoms with Gasteiger partial charge in [0.05, 0.1) is 12.7 Å². The Morgan fingerprint density at radius 3 is 2.63 bits per heavy atom. The van der Waals surface area contributed by atoms with Crippen molar-refractivity contribution in [1.29, 1.82) is 0 Å². The lowest BCUT2D eigenvalue weighted by Crippen LogP contribution is -2.38. The van der Waals surface area contributed by atoms with Gasteiger partial charge in [0.2, 0.25) is 0 Å². The maximum absolute atomic E-state index is 6.09. The van der Waals surface area contributed by atoms with E-state index in [0.29, 0.717) is 17.6 Å². The highest BCUT2D eigenvalue weighted by molar-refractivity contribution is 4.83. The highest BCUT2D eigenvalue weighted by Gasteiger charge is 2.32. The van der Waals surface area contributed by atoms with E-state index >= 15 is 0 Å². The Morgan fingerprint density at radius 1 is 1.21 bits per heavy atom. The largest absolute Gasteiger partial charge is 0.381 e.